The first-order valence-corrected chi connectivity index (χ1v) is 8.02. The van der Waals surface area contributed by atoms with Crippen LogP contribution in [-0.4, -0.2) is 45.6 Å². The average Bonchev–Trinajstić information content (AvgIpc) is 2.45. The SMILES string of the molecule is Cc1ccnc(NC2CCN(C(=O)OC(C)(C)C)CC2)c1[N+](=O)[O-]. The van der Waals surface area contributed by atoms with E-state index in [1.807, 2.05) is 20.8 Å². The summed E-state index contributed by atoms with van der Waals surface area (Å²) in [7, 11) is 0. The predicted molar refractivity (Wildman–Crippen MR) is 90.1 cm³/mol. The molecule has 0 saturated carbocycles. The lowest BCUT2D eigenvalue weighted by Crippen LogP contribution is -2.44. The zero-order chi connectivity index (χ0) is 17.9. The minimum atomic E-state index is -0.516. The number of carbonyl (C=O) groups is 1. The van der Waals surface area contributed by atoms with Crippen LogP contribution in [0.2, 0.25) is 0 Å². The lowest BCUT2D eigenvalue weighted by molar-refractivity contribution is -0.384. The highest BCUT2D eigenvalue weighted by Gasteiger charge is 2.28. The maximum atomic E-state index is 12.0. The normalized spacial score (nSPS) is 15.9. The van der Waals surface area contributed by atoms with Gasteiger partial charge in [0.1, 0.15) is 5.60 Å². The highest BCUT2D eigenvalue weighted by atomic mass is 16.6. The van der Waals surface area contributed by atoms with E-state index in [9.17, 15) is 14.9 Å². The van der Waals surface area contributed by atoms with Crippen molar-refractivity contribution < 1.29 is 14.5 Å². The van der Waals surface area contributed by atoms with Crippen LogP contribution in [0.25, 0.3) is 0 Å². The number of anilines is 1. The summed E-state index contributed by atoms with van der Waals surface area (Å²) < 4.78 is 5.36. The summed E-state index contributed by atoms with van der Waals surface area (Å²) in [5, 5.41) is 14.4. The second kappa shape index (κ2) is 7.02. The van der Waals surface area contributed by atoms with E-state index < -0.39 is 10.5 Å². The number of hydrogen-bond donors (Lipinski definition) is 1. The molecule has 1 saturated heterocycles. The molecule has 1 amide bonds. The van der Waals surface area contributed by atoms with Crippen molar-refractivity contribution in [2.24, 2.45) is 0 Å². The number of ether oxygens (including phenoxy) is 1. The number of aryl methyl sites for hydroxylation is 1. The third-order valence-electron chi connectivity index (χ3n) is 3.80. The third-order valence-corrected chi connectivity index (χ3v) is 3.80. The van der Waals surface area contributed by atoms with Crippen LogP contribution in [0.5, 0.6) is 0 Å². The van der Waals surface area contributed by atoms with Crippen LogP contribution in [-0.2, 0) is 4.74 Å². The summed E-state index contributed by atoms with van der Waals surface area (Å²) in [6.45, 7) is 8.29. The summed E-state index contributed by atoms with van der Waals surface area (Å²) in [5.41, 5.74) is 0.0638. The molecule has 0 bridgehead atoms. The van der Waals surface area contributed by atoms with Gasteiger partial charge in [0, 0.05) is 30.9 Å². The summed E-state index contributed by atoms with van der Waals surface area (Å²) >= 11 is 0. The van der Waals surface area contributed by atoms with Crippen molar-refractivity contribution in [3.05, 3.63) is 27.9 Å². The van der Waals surface area contributed by atoms with Crippen molar-refractivity contribution in [2.75, 3.05) is 18.4 Å². The van der Waals surface area contributed by atoms with Crippen LogP contribution in [0.3, 0.4) is 0 Å². The molecule has 0 spiro atoms. The Hall–Kier alpha value is -2.38. The fourth-order valence-electron chi connectivity index (χ4n) is 2.61. The Bertz CT molecular complexity index is 619. The average molecular weight is 336 g/mol. The molecule has 1 fully saturated rings. The van der Waals surface area contributed by atoms with Crippen molar-refractivity contribution in [2.45, 2.75) is 52.2 Å². The molecule has 0 atom stereocenters. The first-order chi connectivity index (χ1) is 11.2. The maximum Gasteiger partial charge on any atom is 0.410 e. The van der Waals surface area contributed by atoms with Crippen molar-refractivity contribution in [1.29, 1.82) is 0 Å². The second-order valence-corrected chi connectivity index (χ2v) is 6.97. The number of nitro groups is 1. The quantitative estimate of drug-likeness (QED) is 0.673. The van der Waals surface area contributed by atoms with Gasteiger partial charge >= 0.3 is 11.8 Å². The van der Waals surface area contributed by atoms with Gasteiger partial charge in [-0.1, -0.05) is 0 Å². The topological polar surface area (TPSA) is 97.6 Å². The van der Waals surface area contributed by atoms with Crippen LogP contribution in [0, 0.1) is 17.0 Å². The molecule has 1 aliphatic rings. The van der Waals surface area contributed by atoms with Crippen molar-refractivity contribution in [3.8, 4) is 0 Å². The molecular weight excluding hydrogens is 312 g/mol. The second-order valence-electron chi connectivity index (χ2n) is 6.97. The zero-order valence-electron chi connectivity index (χ0n) is 14.5. The van der Waals surface area contributed by atoms with E-state index in [4.69, 9.17) is 4.74 Å². The highest BCUT2D eigenvalue weighted by molar-refractivity contribution is 5.68. The Morgan fingerprint density at radius 2 is 2.04 bits per heavy atom. The number of likely N-dealkylation sites (tertiary alicyclic amines) is 1. The van der Waals surface area contributed by atoms with Crippen LogP contribution < -0.4 is 5.32 Å². The van der Waals surface area contributed by atoms with Crippen molar-refractivity contribution in [1.82, 2.24) is 9.88 Å². The fourth-order valence-corrected chi connectivity index (χ4v) is 2.61. The Morgan fingerprint density at radius 3 is 2.58 bits per heavy atom. The number of rotatable bonds is 3. The summed E-state index contributed by atoms with van der Waals surface area (Å²) in [4.78, 5) is 28.6. The summed E-state index contributed by atoms with van der Waals surface area (Å²) in [6, 6.07) is 1.66. The van der Waals surface area contributed by atoms with Crippen LogP contribution in [0.4, 0.5) is 16.3 Å². The number of nitrogens with zero attached hydrogens (tertiary/aromatic N) is 3. The Morgan fingerprint density at radius 1 is 1.42 bits per heavy atom. The number of amides is 1. The molecule has 132 valence electrons. The molecule has 0 aromatic carbocycles. The Balaban J connectivity index is 1.96. The number of piperidine rings is 1. The molecule has 1 aromatic rings. The van der Waals surface area contributed by atoms with Gasteiger partial charge in [-0.25, -0.2) is 9.78 Å². The predicted octanol–water partition coefficient (Wildman–Crippen LogP) is 3.11. The maximum absolute atomic E-state index is 12.0. The van der Waals surface area contributed by atoms with Crippen LogP contribution in [0.1, 0.15) is 39.2 Å². The van der Waals surface area contributed by atoms with Crippen LogP contribution in [0.15, 0.2) is 12.3 Å². The van der Waals surface area contributed by atoms with E-state index in [1.54, 1.807) is 24.1 Å². The van der Waals surface area contributed by atoms with E-state index in [1.165, 1.54) is 0 Å². The molecular formula is C16H24N4O4. The first-order valence-electron chi connectivity index (χ1n) is 8.02. The largest absolute Gasteiger partial charge is 0.444 e. The van der Waals surface area contributed by atoms with Gasteiger partial charge in [-0.05, 0) is 46.6 Å². The summed E-state index contributed by atoms with van der Waals surface area (Å²) in [6.07, 6.45) is 2.61. The van der Waals surface area contributed by atoms with Gasteiger partial charge in [-0.15, -0.1) is 0 Å². The van der Waals surface area contributed by atoms with E-state index in [0.717, 1.165) is 0 Å². The van der Waals surface area contributed by atoms with Gasteiger partial charge in [0.25, 0.3) is 0 Å². The molecule has 0 radical (unpaired) electrons. The van der Waals surface area contributed by atoms with E-state index in [2.05, 4.69) is 10.3 Å². The third kappa shape index (κ3) is 4.56. The number of hydrogen-bond acceptors (Lipinski definition) is 6. The highest BCUT2D eigenvalue weighted by Crippen LogP contribution is 2.27. The van der Waals surface area contributed by atoms with Crippen molar-refractivity contribution >= 4 is 17.6 Å². The first kappa shape index (κ1) is 18.0. The molecule has 1 N–H and O–H groups in total. The molecule has 0 aliphatic carbocycles. The van der Waals surface area contributed by atoms with E-state index >= 15 is 0 Å². The standard InChI is InChI=1S/C16H24N4O4/c1-11-5-8-17-14(13(11)20(22)23)18-12-6-9-19(10-7-12)15(21)24-16(2,3)4/h5,8,12H,6-7,9-10H2,1-4H3,(H,17,18). The van der Waals surface area contributed by atoms with E-state index in [0.29, 0.717) is 31.5 Å². The minimum Gasteiger partial charge on any atom is -0.444 e. The van der Waals surface area contributed by atoms with Gasteiger partial charge in [0.05, 0.1) is 4.92 Å². The molecule has 1 aliphatic heterocycles. The molecule has 2 rings (SSSR count). The smallest absolute Gasteiger partial charge is 0.410 e. The number of carbonyl (C=O) groups excluding carboxylic acids is 1. The Labute approximate surface area is 141 Å². The summed E-state index contributed by atoms with van der Waals surface area (Å²) in [5.74, 6) is 0.288. The van der Waals surface area contributed by atoms with Crippen LogP contribution >= 0.6 is 0 Å². The lowest BCUT2D eigenvalue weighted by atomic mass is 10.1. The van der Waals surface area contributed by atoms with Gasteiger partial charge in [-0.3, -0.25) is 10.1 Å². The number of pyridine rings is 1. The van der Waals surface area contributed by atoms with Gasteiger partial charge in [0.2, 0.25) is 5.82 Å². The molecule has 2 heterocycles. The van der Waals surface area contributed by atoms with Gasteiger partial charge in [0.15, 0.2) is 0 Å². The lowest BCUT2D eigenvalue weighted by Gasteiger charge is -2.33. The van der Waals surface area contributed by atoms with Gasteiger partial charge in [-0.2, -0.15) is 0 Å². The Kier molecular flexibility index (Phi) is 5.26. The van der Waals surface area contributed by atoms with E-state index in [-0.39, 0.29) is 23.6 Å². The molecule has 24 heavy (non-hydrogen) atoms. The molecule has 8 heteroatoms. The number of aromatic nitrogens is 1. The molecule has 8 nitrogen and oxygen atoms in total. The minimum absolute atomic E-state index is 0.00655. The van der Waals surface area contributed by atoms with Gasteiger partial charge < -0.3 is 15.0 Å². The fraction of sp³-hybridized carbons (Fsp3) is 0.625. The zero-order valence-corrected chi connectivity index (χ0v) is 14.5. The monoisotopic (exact) mass is 336 g/mol. The molecule has 1 aromatic heterocycles. The van der Waals surface area contributed by atoms with Crippen molar-refractivity contribution in [3.63, 3.8) is 0 Å². The molecule has 0 unspecified atom stereocenters. The number of nitrogens with one attached hydrogen (secondary N) is 1.